The number of amides is 1. The van der Waals surface area contributed by atoms with Gasteiger partial charge in [0.2, 0.25) is 5.91 Å². The Labute approximate surface area is 129 Å². The molecule has 0 unspecified atom stereocenters. The first kappa shape index (κ1) is 14.7. The molecule has 3 rings (SSSR count). The lowest BCUT2D eigenvalue weighted by molar-refractivity contribution is -0.132. The second-order valence-corrected chi connectivity index (χ2v) is 5.44. The summed E-state index contributed by atoms with van der Waals surface area (Å²) in [4.78, 5) is 12.1. The molecule has 1 aliphatic heterocycles. The van der Waals surface area contributed by atoms with Gasteiger partial charge in [-0.15, -0.1) is 10.2 Å². The van der Waals surface area contributed by atoms with E-state index >= 15 is 0 Å². The fraction of sp³-hybridized carbons (Fsp3) is 0.438. The minimum Gasteiger partial charge on any atom is -0.364 e. The molecule has 1 aromatic carbocycles. The number of carbonyl (C=O) groups is 1. The summed E-state index contributed by atoms with van der Waals surface area (Å²) in [5.74, 6) is 1.69. The van der Waals surface area contributed by atoms with Crippen LogP contribution in [0.15, 0.2) is 30.3 Å². The molecule has 1 aliphatic rings. The molecule has 116 valence electrons. The van der Waals surface area contributed by atoms with Crippen LogP contribution in [0.3, 0.4) is 0 Å². The van der Waals surface area contributed by atoms with Crippen molar-refractivity contribution in [1.29, 1.82) is 0 Å². The summed E-state index contributed by atoms with van der Waals surface area (Å²) in [6.07, 6.45) is 1.57. The van der Waals surface area contributed by atoms with E-state index in [1.807, 2.05) is 30.3 Å². The first-order valence-corrected chi connectivity index (χ1v) is 7.58. The Morgan fingerprint density at radius 2 is 2.18 bits per heavy atom. The Kier molecular flexibility index (Phi) is 4.48. The number of benzene rings is 1. The molecule has 0 bridgehead atoms. The van der Waals surface area contributed by atoms with E-state index in [0.29, 0.717) is 13.2 Å². The molecule has 1 amide bonds. The fourth-order valence-electron chi connectivity index (χ4n) is 2.52. The van der Waals surface area contributed by atoms with E-state index in [-0.39, 0.29) is 5.91 Å². The number of nitrogens with one attached hydrogen (secondary N) is 1. The monoisotopic (exact) mass is 300 g/mol. The minimum absolute atomic E-state index is 0.133. The molecule has 0 saturated heterocycles. The molecule has 1 aromatic heterocycles. The number of hydrogen-bond acceptors (Lipinski definition) is 4. The maximum atomic E-state index is 12.1. The van der Waals surface area contributed by atoms with Gasteiger partial charge in [0.05, 0.1) is 13.2 Å². The van der Waals surface area contributed by atoms with Crippen LogP contribution in [0.5, 0.6) is 0 Å². The summed E-state index contributed by atoms with van der Waals surface area (Å²) in [6, 6.07) is 9.81. The number of aromatic nitrogens is 3. The highest BCUT2D eigenvalue weighted by Crippen LogP contribution is 2.13. The van der Waals surface area contributed by atoms with E-state index in [0.717, 1.165) is 36.6 Å². The van der Waals surface area contributed by atoms with Crippen LogP contribution in [0, 0.1) is 0 Å². The Morgan fingerprint density at radius 3 is 3.00 bits per heavy atom. The van der Waals surface area contributed by atoms with Gasteiger partial charge in [0.15, 0.2) is 5.82 Å². The van der Waals surface area contributed by atoms with Gasteiger partial charge in [-0.3, -0.25) is 4.79 Å². The van der Waals surface area contributed by atoms with Gasteiger partial charge in [-0.1, -0.05) is 30.3 Å². The number of rotatable bonds is 6. The number of hydrogen-bond donors (Lipinski definition) is 1. The molecule has 6 nitrogen and oxygen atoms in total. The number of nitrogens with zero attached hydrogens (tertiary/aromatic N) is 3. The molecule has 0 saturated carbocycles. The number of ether oxygens (including phenoxy) is 1. The van der Waals surface area contributed by atoms with Crippen molar-refractivity contribution in [2.75, 3.05) is 0 Å². The zero-order valence-corrected chi connectivity index (χ0v) is 12.7. The molecule has 0 fully saturated rings. The number of carbonyl (C=O) groups excluding carboxylic acids is 1. The van der Waals surface area contributed by atoms with Crippen LogP contribution >= 0.6 is 0 Å². The molecule has 2 aromatic rings. The van der Waals surface area contributed by atoms with Crippen molar-refractivity contribution in [3.8, 4) is 0 Å². The topological polar surface area (TPSA) is 69.0 Å². The van der Waals surface area contributed by atoms with Gasteiger partial charge < -0.3 is 14.6 Å². The number of aryl methyl sites for hydroxylation is 1. The van der Waals surface area contributed by atoms with Crippen LogP contribution < -0.4 is 5.32 Å². The van der Waals surface area contributed by atoms with Crippen molar-refractivity contribution >= 4 is 5.91 Å². The Bertz CT molecular complexity index is 639. The van der Waals surface area contributed by atoms with Crippen molar-refractivity contribution in [3.05, 3.63) is 47.5 Å². The van der Waals surface area contributed by atoms with Crippen molar-refractivity contribution in [1.82, 2.24) is 20.1 Å². The summed E-state index contributed by atoms with van der Waals surface area (Å²) in [7, 11) is 0. The third-order valence-corrected chi connectivity index (χ3v) is 3.82. The van der Waals surface area contributed by atoms with Crippen molar-refractivity contribution < 1.29 is 9.53 Å². The van der Waals surface area contributed by atoms with Gasteiger partial charge in [-0.05, 0) is 18.9 Å². The predicted molar refractivity (Wildman–Crippen MR) is 80.9 cm³/mol. The normalized spacial score (nSPS) is 14.6. The minimum atomic E-state index is -0.499. The zero-order valence-electron chi connectivity index (χ0n) is 12.7. The van der Waals surface area contributed by atoms with E-state index in [4.69, 9.17) is 4.74 Å². The molecule has 6 heteroatoms. The molecule has 22 heavy (non-hydrogen) atoms. The van der Waals surface area contributed by atoms with Crippen molar-refractivity contribution in [3.63, 3.8) is 0 Å². The maximum absolute atomic E-state index is 12.1. The second kappa shape index (κ2) is 6.70. The molecule has 1 atom stereocenters. The Morgan fingerprint density at radius 1 is 1.36 bits per heavy atom. The molecule has 0 radical (unpaired) electrons. The van der Waals surface area contributed by atoms with Gasteiger partial charge >= 0.3 is 0 Å². The molecular weight excluding hydrogens is 280 g/mol. The van der Waals surface area contributed by atoms with E-state index < -0.39 is 6.10 Å². The number of fused-ring (bicyclic) bond motifs is 1. The predicted octanol–water partition coefficient (Wildman–Crippen LogP) is 1.45. The molecule has 0 aliphatic carbocycles. The van der Waals surface area contributed by atoms with Crippen LogP contribution in [0.1, 0.15) is 30.6 Å². The summed E-state index contributed by atoms with van der Waals surface area (Å²) in [6.45, 7) is 3.51. The fourth-order valence-corrected chi connectivity index (χ4v) is 2.52. The molecule has 0 spiro atoms. The van der Waals surface area contributed by atoms with Crippen LogP contribution in [-0.2, 0) is 35.6 Å². The molecule has 1 N–H and O–H groups in total. The summed E-state index contributed by atoms with van der Waals surface area (Å²) in [5, 5.41) is 11.1. The zero-order chi connectivity index (χ0) is 15.4. The largest absolute Gasteiger partial charge is 0.364 e. The van der Waals surface area contributed by atoms with Crippen LogP contribution in [0.4, 0.5) is 0 Å². The summed E-state index contributed by atoms with van der Waals surface area (Å²) in [5.41, 5.74) is 1.05. The lowest BCUT2D eigenvalue weighted by Crippen LogP contribution is -2.34. The van der Waals surface area contributed by atoms with Gasteiger partial charge in [0, 0.05) is 13.0 Å². The smallest absolute Gasteiger partial charge is 0.249 e. The summed E-state index contributed by atoms with van der Waals surface area (Å²) < 4.78 is 7.68. The van der Waals surface area contributed by atoms with E-state index in [9.17, 15) is 4.79 Å². The van der Waals surface area contributed by atoms with E-state index in [1.54, 1.807) is 6.92 Å². The highest BCUT2D eigenvalue weighted by atomic mass is 16.5. The molecule has 2 heterocycles. The highest BCUT2D eigenvalue weighted by Gasteiger charge is 2.19. The Hall–Kier alpha value is -2.21. The van der Waals surface area contributed by atoms with Gasteiger partial charge in [0.25, 0.3) is 0 Å². The average molecular weight is 300 g/mol. The van der Waals surface area contributed by atoms with Crippen molar-refractivity contribution in [2.24, 2.45) is 0 Å². The van der Waals surface area contributed by atoms with Gasteiger partial charge in [0.1, 0.15) is 11.9 Å². The van der Waals surface area contributed by atoms with Gasteiger partial charge in [-0.25, -0.2) is 0 Å². The second-order valence-electron chi connectivity index (χ2n) is 5.44. The maximum Gasteiger partial charge on any atom is 0.249 e. The van der Waals surface area contributed by atoms with Crippen LogP contribution in [0.25, 0.3) is 0 Å². The third-order valence-electron chi connectivity index (χ3n) is 3.82. The van der Waals surface area contributed by atoms with Gasteiger partial charge in [-0.2, -0.15) is 0 Å². The standard InChI is InChI=1S/C16H20N4O2/c1-12(22-11-13-6-3-2-4-7-13)16(21)17-10-15-19-18-14-8-5-9-20(14)15/h2-4,6-7,12H,5,8-11H2,1H3,(H,17,21)/t12-/m0/s1. The Balaban J connectivity index is 1.47. The first-order valence-electron chi connectivity index (χ1n) is 7.58. The molecular formula is C16H20N4O2. The average Bonchev–Trinajstić information content (AvgIpc) is 3.15. The quantitative estimate of drug-likeness (QED) is 0.876. The highest BCUT2D eigenvalue weighted by molar-refractivity contribution is 5.80. The third kappa shape index (κ3) is 3.33. The lowest BCUT2D eigenvalue weighted by atomic mass is 10.2. The van der Waals surface area contributed by atoms with E-state index in [2.05, 4.69) is 20.1 Å². The van der Waals surface area contributed by atoms with Crippen molar-refractivity contribution in [2.45, 2.75) is 45.6 Å². The summed E-state index contributed by atoms with van der Waals surface area (Å²) >= 11 is 0. The van der Waals surface area contributed by atoms with E-state index in [1.165, 1.54) is 0 Å². The van der Waals surface area contributed by atoms with Crippen LogP contribution in [0.2, 0.25) is 0 Å². The SMILES string of the molecule is C[C@H](OCc1ccccc1)C(=O)NCc1nnc2n1CCC2. The lowest BCUT2D eigenvalue weighted by Gasteiger charge is -2.13. The van der Waals surface area contributed by atoms with Crippen LogP contribution in [-0.4, -0.2) is 26.8 Å². The first-order chi connectivity index (χ1) is 10.7.